The lowest BCUT2D eigenvalue weighted by atomic mass is 10.1. The molecule has 1 atom stereocenters. The topological polar surface area (TPSA) is 29.5 Å². The van der Waals surface area contributed by atoms with Gasteiger partial charge in [0.2, 0.25) is 0 Å². The van der Waals surface area contributed by atoms with Gasteiger partial charge in [0.05, 0.1) is 46.8 Å². The van der Waals surface area contributed by atoms with Gasteiger partial charge in [-0.3, -0.25) is 0 Å². The monoisotopic (exact) mass is 162 g/mol. The molecule has 3 nitrogen and oxygen atoms in total. The summed E-state index contributed by atoms with van der Waals surface area (Å²) in [5.41, 5.74) is 0. The van der Waals surface area contributed by atoms with Crippen LogP contribution < -0.4 is 0 Å². The summed E-state index contributed by atoms with van der Waals surface area (Å²) in [5.74, 6) is 0.264. The van der Waals surface area contributed by atoms with Crippen molar-refractivity contribution >= 4 is 0 Å². The van der Waals surface area contributed by atoms with Crippen LogP contribution in [0.1, 0.15) is 0 Å². The molecule has 0 aliphatic rings. The molecule has 0 saturated carbocycles. The van der Waals surface area contributed by atoms with Gasteiger partial charge in [-0.1, -0.05) is 0 Å². The predicted octanol–water partition coefficient (Wildman–Crippen LogP) is -0.0525. The zero-order valence-corrected chi connectivity index (χ0v) is 8.00. The first-order valence-corrected chi connectivity index (χ1v) is 3.90. The van der Waals surface area contributed by atoms with Crippen LogP contribution in [0.4, 0.5) is 0 Å². The summed E-state index contributed by atoms with van der Waals surface area (Å²) in [7, 11) is 7.99. The summed E-state index contributed by atoms with van der Waals surface area (Å²) >= 11 is 0. The highest BCUT2D eigenvalue weighted by Gasteiger charge is 2.16. The van der Waals surface area contributed by atoms with Crippen LogP contribution in [-0.4, -0.2) is 57.6 Å². The number of aliphatic hydroxyl groups is 1. The van der Waals surface area contributed by atoms with E-state index in [0.717, 1.165) is 11.0 Å². The molecule has 0 aromatic heterocycles. The molecule has 0 radical (unpaired) electrons. The smallest absolute Gasteiger partial charge is 0.0853 e. The van der Waals surface area contributed by atoms with E-state index in [0.29, 0.717) is 6.61 Å². The summed E-state index contributed by atoms with van der Waals surface area (Å²) in [6, 6.07) is 0. The van der Waals surface area contributed by atoms with Crippen molar-refractivity contribution in [3.63, 3.8) is 0 Å². The minimum absolute atomic E-state index is 0.212. The second kappa shape index (κ2) is 4.70. The Morgan fingerprint density at radius 1 is 1.36 bits per heavy atom. The van der Waals surface area contributed by atoms with Gasteiger partial charge < -0.3 is 14.3 Å². The van der Waals surface area contributed by atoms with Gasteiger partial charge in [0.25, 0.3) is 0 Å². The van der Waals surface area contributed by atoms with Gasteiger partial charge in [-0.2, -0.15) is 0 Å². The normalized spacial score (nSPS) is 15.0. The van der Waals surface area contributed by atoms with Crippen molar-refractivity contribution in [2.24, 2.45) is 5.92 Å². The molecule has 0 fully saturated rings. The van der Waals surface area contributed by atoms with Gasteiger partial charge in [-0.15, -0.1) is 0 Å². The van der Waals surface area contributed by atoms with Crippen LogP contribution in [0.25, 0.3) is 0 Å². The van der Waals surface area contributed by atoms with Crippen LogP contribution in [0.15, 0.2) is 0 Å². The molecule has 68 valence electrons. The molecule has 1 unspecified atom stereocenters. The van der Waals surface area contributed by atoms with Crippen LogP contribution in [0.2, 0.25) is 0 Å². The number of aliphatic hydroxyl groups excluding tert-OH is 1. The molecule has 11 heavy (non-hydrogen) atoms. The number of rotatable bonds is 5. The lowest BCUT2D eigenvalue weighted by molar-refractivity contribution is -0.874. The number of quaternary nitrogens is 1. The van der Waals surface area contributed by atoms with E-state index in [1.807, 2.05) is 0 Å². The summed E-state index contributed by atoms with van der Waals surface area (Å²) in [5, 5.41) is 8.93. The van der Waals surface area contributed by atoms with Gasteiger partial charge in [0.1, 0.15) is 0 Å². The van der Waals surface area contributed by atoms with E-state index >= 15 is 0 Å². The molecule has 0 spiro atoms. The van der Waals surface area contributed by atoms with Crippen molar-refractivity contribution in [2.45, 2.75) is 0 Å². The van der Waals surface area contributed by atoms with Crippen LogP contribution in [0, 0.1) is 5.92 Å². The molecule has 0 aromatic rings. The van der Waals surface area contributed by atoms with Gasteiger partial charge in [-0.25, -0.2) is 0 Å². The van der Waals surface area contributed by atoms with Crippen molar-refractivity contribution in [1.82, 2.24) is 0 Å². The van der Waals surface area contributed by atoms with Crippen molar-refractivity contribution in [1.29, 1.82) is 0 Å². The Morgan fingerprint density at radius 3 is 2.18 bits per heavy atom. The molecule has 0 aromatic carbocycles. The molecule has 0 aliphatic heterocycles. The summed E-state index contributed by atoms with van der Waals surface area (Å²) in [6.07, 6.45) is 0. The Balaban J connectivity index is 3.68. The summed E-state index contributed by atoms with van der Waals surface area (Å²) in [4.78, 5) is 0. The van der Waals surface area contributed by atoms with Crippen molar-refractivity contribution in [2.75, 3.05) is 48.0 Å². The van der Waals surface area contributed by atoms with E-state index < -0.39 is 0 Å². The average molecular weight is 162 g/mol. The maximum Gasteiger partial charge on any atom is 0.0853 e. The lowest BCUT2D eigenvalue weighted by Gasteiger charge is -2.27. The van der Waals surface area contributed by atoms with Crippen LogP contribution >= 0.6 is 0 Å². The molecule has 0 bridgehead atoms. The maximum absolute atomic E-state index is 8.93. The van der Waals surface area contributed by atoms with E-state index in [9.17, 15) is 0 Å². The number of hydrogen-bond donors (Lipinski definition) is 1. The highest BCUT2D eigenvalue weighted by Crippen LogP contribution is 2.02. The molecular weight excluding hydrogens is 142 g/mol. The molecular formula is C8H20NO2+. The van der Waals surface area contributed by atoms with Crippen LogP contribution in [-0.2, 0) is 4.74 Å². The second-order valence-corrected chi connectivity index (χ2v) is 3.98. The van der Waals surface area contributed by atoms with Crippen LogP contribution in [0.5, 0.6) is 0 Å². The Morgan fingerprint density at radius 2 is 1.91 bits per heavy atom. The summed E-state index contributed by atoms with van der Waals surface area (Å²) < 4.78 is 5.84. The third-order valence-corrected chi connectivity index (χ3v) is 1.47. The van der Waals surface area contributed by atoms with Crippen molar-refractivity contribution < 1.29 is 14.3 Å². The maximum atomic E-state index is 8.93. The number of hydrogen-bond acceptors (Lipinski definition) is 2. The van der Waals surface area contributed by atoms with E-state index in [2.05, 4.69) is 21.1 Å². The van der Waals surface area contributed by atoms with Crippen molar-refractivity contribution in [3.05, 3.63) is 0 Å². The fourth-order valence-electron chi connectivity index (χ4n) is 1.17. The van der Waals surface area contributed by atoms with E-state index in [-0.39, 0.29) is 12.5 Å². The number of ether oxygens (including phenoxy) is 1. The van der Waals surface area contributed by atoms with Gasteiger partial charge in [0.15, 0.2) is 0 Å². The Hall–Kier alpha value is -0.120. The molecule has 0 heterocycles. The number of methoxy groups -OCH3 is 1. The average Bonchev–Trinajstić information content (AvgIpc) is 1.84. The minimum atomic E-state index is 0.212. The Bertz CT molecular complexity index is 98.8. The standard InChI is InChI=1S/C8H20NO2/c1-9(2,3)5-8(6-10)7-11-4/h8,10H,5-7H2,1-4H3/q+1. The molecule has 0 amide bonds. The number of nitrogens with zero attached hydrogens (tertiary/aromatic N) is 1. The van der Waals surface area contributed by atoms with Gasteiger partial charge in [0, 0.05) is 7.11 Å². The molecule has 3 heteroatoms. The van der Waals surface area contributed by atoms with E-state index in [4.69, 9.17) is 9.84 Å². The molecule has 0 aliphatic carbocycles. The molecule has 1 N–H and O–H groups in total. The quantitative estimate of drug-likeness (QED) is 0.574. The van der Waals surface area contributed by atoms with Gasteiger partial charge >= 0.3 is 0 Å². The van der Waals surface area contributed by atoms with Gasteiger partial charge in [-0.05, 0) is 0 Å². The Labute approximate surface area is 69.2 Å². The highest BCUT2D eigenvalue weighted by atomic mass is 16.5. The highest BCUT2D eigenvalue weighted by molar-refractivity contribution is 4.53. The first-order chi connectivity index (χ1) is 4.99. The van der Waals surface area contributed by atoms with Crippen LogP contribution in [0.3, 0.4) is 0 Å². The zero-order chi connectivity index (χ0) is 8.91. The fraction of sp³-hybridized carbons (Fsp3) is 1.00. The van der Waals surface area contributed by atoms with Crippen molar-refractivity contribution in [3.8, 4) is 0 Å². The zero-order valence-electron chi connectivity index (χ0n) is 8.00. The third kappa shape index (κ3) is 6.28. The van der Waals surface area contributed by atoms with E-state index in [1.54, 1.807) is 7.11 Å². The lowest BCUT2D eigenvalue weighted by Crippen LogP contribution is -2.41. The first kappa shape index (κ1) is 10.9. The molecule has 0 saturated heterocycles. The van der Waals surface area contributed by atoms with E-state index in [1.165, 1.54) is 0 Å². The Kier molecular flexibility index (Phi) is 4.65. The fourth-order valence-corrected chi connectivity index (χ4v) is 1.17. The third-order valence-electron chi connectivity index (χ3n) is 1.47. The SMILES string of the molecule is COCC(CO)C[N+](C)(C)C. The largest absolute Gasteiger partial charge is 0.396 e. The summed E-state index contributed by atoms with van der Waals surface area (Å²) in [6.45, 7) is 1.81. The predicted molar refractivity (Wildman–Crippen MR) is 45.4 cm³/mol. The second-order valence-electron chi connectivity index (χ2n) is 3.98. The first-order valence-electron chi connectivity index (χ1n) is 3.90. The minimum Gasteiger partial charge on any atom is -0.396 e. The molecule has 0 rings (SSSR count).